The van der Waals surface area contributed by atoms with Crippen LogP contribution >= 0.6 is 0 Å². The number of aromatic nitrogens is 1. The lowest BCUT2D eigenvalue weighted by Crippen LogP contribution is -2.48. The van der Waals surface area contributed by atoms with Crippen LogP contribution in [0.25, 0.3) is 0 Å². The highest BCUT2D eigenvalue weighted by molar-refractivity contribution is 5.94. The van der Waals surface area contributed by atoms with E-state index < -0.39 is 11.9 Å². The average Bonchev–Trinajstić information content (AvgIpc) is 2.68. The smallest absolute Gasteiger partial charge is 0.354 e. The second kappa shape index (κ2) is 8.39. The van der Waals surface area contributed by atoms with Crippen molar-refractivity contribution in [2.24, 2.45) is 0 Å². The summed E-state index contributed by atoms with van der Waals surface area (Å²) >= 11 is 0. The van der Waals surface area contributed by atoms with Crippen LogP contribution in [0.4, 0.5) is 19.0 Å². The number of benzene rings is 1. The van der Waals surface area contributed by atoms with Gasteiger partial charge in [0.25, 0.3) is 5.91 Å². The van der Waals surface area contributed by atoms with Gasteiger partial charge in [0.15, 0.2) is 0 Å². The van der Waals surface area contributed by atoms with Crippen LogP contribution in [0.5, 0.6) is 0 Å². The summed E-state index contributed by atoms with van der Waals surface area (Å²) in [4.78, 5) is 19.8. The quantitative estimate of drug-likeness (QED) is 0.869. The minimum absolute atomic E-state index is 0.109. The van der Waals surface area contributed by atoms with E-state index in [0.29, 0.717) is 50.6 Å². The van der Waals surface area contributed by atoms with Crippen LogP contribution in [0.2, 0.25) is 0 Å². The van der Waals surface area contributed by atoms with Crippen molar-refractivity contribution in [2.75, 3.05) is 44.2 Å². The summed E-state index contributed by atoms with van der Waals surface area (Å²) < 4.78 is 38.4. The number of hydrogen-bond acceptors (Lipinski definition) is 4. The molecule has 2 aromatic rings. The Labute approximate surface area is 155 Å². The maximum atomic E-state index is 12.8. The molecule has 1 amide bonds. The van der Waals surface area contributed by atoms with Gasteiger partial charge in [0.2, 0.25) is 0 Å². The molecule has 0 aliphatic carbocycles. The molecule has 0 saturated carbocycles. The largest absolute Gasteiger partial charge is 0.433 e. The van der Waals surface area contributed by atoms with Gasteiger partial charge in [-0.15, -0.1) is 0 Å². The molecule has 1 aliphatic heterocycles. The molecule has 144 valence electrons. The third-order valence-corrected chi connectivity index (χ3v) is 4.47. The van der Waals surface area contributed by atoms with Gasteiger partial charge in [-0.3, -0.25) is 9.69 Å². The number of nitrogens with zero attached hydrogens (tertiary/aromatic N) is 3. The number of carbonyl (C=O) groups is 1. The Bertz CT molecular complexity index is 759. The van der Waals surface area contributed by atoms with Crippen molar-refractivity contribution in [1.82, 2.24) is 15.2 Å². The van der Waals surface area contributed by atoms with Crippen molar-refractivity contribution >= 4 is 11.7 Å². The van der Waals surface area contributed by atoms with E-state index in [1.165, 1.54) is 6.07 Å². The molecule has 5 nitrogen and oxygen atoms in total. The average molecular weight is 378 g/mol. The summed E-state index contributed by atoms with van der Waals surface area (Å²) in [6, 6.07) is 13.0. The van der Waals surface area contributed by atoms with E-state index in [4.69, 9.17) is 0 Å². The van der Waals surface area contributed by atoms with Crippen LogP contribution in [0.1, 0.15) is 16.1 Å². The molecule has 0 spiro atoms. The number of carbonyl (C=O) groups excluding carboxylic acids is 1. The van der Waals surface area contributed by atoms with E-state index in [-0.39, 0.29) is 5.91 Å². The number of pyridine rings is 1. The van der Waals surface area contributed by atoms with Gasteiger partial charge < -0.3 is 10.2 Å². The first-order valence-electron chi connectivity index (χ1n) is 8.78. The molecule has 1 N–H and O–H groups in total. The van der Waals surface area contributed by atoms with E-state index in [1.807, 2.05) is 23.1 Å². The molecule has 1 saturated heterocycles. The van der Waals surface area contributed by atoms with Gasteiger partial charge in [0.05, 0.1) is 0 Å². The summed E-state index contributed by atoms with van der Waals surface area (Å²) in [7, 11) is 0. The predicted octanol–water partition coefficient (Wildman–Crippen LogP) is 2.65. The number of anilines is 1. The Morgan fingerprint density at radius 3 is 2.37 bits per heavy atom. The van der Waals surface area contributed by atoms with Crippen molar-refractivity contribution < 1.29 is 18.0 Å². The summed E-state index contributed by atoms with van der Waals surface area (Å²) in [6.45, 7) is 3.83. The highest BCUT2D eigenvalue weighted by Gasteiger charge is 2.33. The number of nitrogens with one attached hydrogen (secondary N) is 1. The van der Waals surface area contributed by atoms with E-state index in [9.17, 15) is 18.0 Å². The summed E-state index contributed by atoms with van der Waals surface area (Å²) in [5, 5.41) is 2.88. The number of piperazine rings is 1. The fourth-order valence-corrected chi connectivity index (χ4v) is 2.98. The van der Waals surface area contributed by atoms with Gasteiger partial charge in [-0.1, -0.05) is 24.3 Å². The number of rotatable bonds is 5. The Kier molecular flexibility index (Phi) is 5.95. The highest BCUT2D eigenvalue weighted by atomic mass is 19.4. The Morgan fingerprint density at radius 1 is 1.00 bits per heavy atom. The second-order valence-corrected chi connectivity index (χ2v) is 6.33. The normalized spacial score (nSPS) is 15.6. The van der Waals surface area contributed by atoms with Crippen LogP contribution < -0.4 is 10.2 Å². The van der Waals surface area contributed by atoms with Gasteiger partial charge in [0, 0.05) is 44.8 Å². The summed E-state index contributed by atoms with van der Waals surface area (Å²) in [6.07, 6.45) is -4.44. The molecule has 1 aromatic carbocycles. The second-order valence-electron chi connectivity index (χ2n) is 6.33. The fraction of sp³-hybridized carbons (Fsp3) is 0.368. The van der Waals surface area contributed by atoms with Crippen LogP contribution in [-0.2, 0) is 6.18 Å². The monoisotopic (exact) mass is 378 g/mol. The summed E-state index contributed by atoms with van der Waals surface area (Å²) in [5.74, 6) is 0.240. The molecule has 1 aromatic heterocycles. The first kappa shape index (κ1) is 19.2. The highest BCUT2D eigenvalue weighted by Crippen LogP contribution is 2.29. The molecule has 0 atom stereocenters. The van der Waals surface area contributed by atoms with Gasteiger partial charge in [-0.05, 0) is 24.3 Å². The molecule has 3 rings (SSSR count). The van der Waals surface area contributed by atoms with E-state index in [2.05, 4.69) is 15.2 Å². The lowest BCUT2D eigenvalue weighted by molar-refractivity contribution is -0.141. The summed E-state index contributed by atoms with van der Waals surface area (Å²) in [5.41, 5.74) is -0.246. The SMILES string of the molecule is O=C(NCCN1CCN(c2cccc(C(F)(F)F)n2)CC1)c1ccccc1. The zero-order valence-electron chi connectivity index (χ0n) is 14.7. The lowest BCUT2D eigenvalue weighted by atomic mass is 10.2. The number of amides is 1. The first-order valence-corrected chi connectivity index (χ1v) is 8.78. The molecule has 1 aliphatic rings. The molecule has 8 heteroatoms. The predicted molar refractivity (Wildman–Crippen MR) is 96.7 cm³/mol. The Morgan fingerprint density at radius 2 is 1.70 bits per heavy atom. The molecule has 0 radical (unpaired) electrons. The zero-order valence-corrected chi connectivity index (χ0v) is 14.7. The number of alkyl halides is 3. The molecule has 27 heavy (non-hydrogen) atoms. The maximum Gasteiger partial charge on any atom is 0.433 e. The minimum atomic E-state index is -4.44. The topological polar surface area (TPSA) is 48.5 Å². The molecular formula is C19H21F3N4O. The number of halogens is 3. The van der Waals surface area contributed by atoms with Crippen molar-refractivity contribution in [1.29, 1.82) is 0 Å². The zero-order chi connectivity index (χ0) is 19.3. The number of hydrogen-bond donors (Lipinski definition) is 1. The van der Waals surface area contributed by atoms with Crippen molar-refractivity contribution in [2.45, 2.75) is 6.18 Å². The maximum absolute atomic E-state index is 12.8. The van der Waals surface area contributed by atoms with E-state index in [1.54, 1.807) is 18.2 Å². The molecule has 0 unspecified atom stereocenters. The third kappa shape index (κ3) is 5.19. The van der Waals surface area contributed by atoms with E-state index in [0.717, 1.165) is 6.07 Å². The first-order chi connectivity index (χ1) is 12.9. The molecular weight excluding hydrogens is 357 g/mol. The molecule has 1 fully saturated rings. The molecule has 0 bridgehead atoms. The minimum Gasteiger partial charge on any atom is -0.354 e. The lowest BCUT2D eigenvalue weighted by Gasteiger charge is -2.35. The Hall–Kier alpha value is -2.61. The molecule has 2 heterocycles. The standard InChI is InChI=1S/C19H21F3N4O/c20-19(21,22)16-7-4-8-17(24-16)26-13-11-25(12-14-26)10-9-23-18(27)15-5-2-1-3-6-15/h1-8H,9-14H2,(H,23,27). The van der Waals surface area contributed by atoms with Crippen LogP contribution in [-0.4, -0.2) is 55.1 Å². The van der Waals surface area contributed by atoms with Crippen LogP contribution in [0.15, 0.2) is 48.5 Å². The van der Waals surface area contributed by atoms with Gasteiger partial charge >= 0.3 is 6.18 Å². The van der Waals surface area contributed by atoms with E-state index >= 15 is 0 Å². The van der Waals surface area contributed by atoms with Gasteiger partial charge in [-0.2, -0.15) is 13.2 Å². The van der Waals surface area contributed by atoms with Crippen LogP contribution in [0.3, 0.4) is 0 Å². The van der Waals surface area contributed by atoms with Gasteiger partial charge in [0.1, 0.15) is 11.5 Å². The van der Waals surface area contributed by atoms with Crippen molar-refractivity contribution in [3.8, 4) is 0 Å². The third-order valence-electron chi connectivity index (χ3n) is 4.47. The van der Waals surface area contributed by atoms with Crippen molar-refractivity contribution in [3.05, 3.63) is 59.8 Å². The van der Waals surface area contributed by atoms with Crippen molar-refractivity contribution in [3.63, 3.8) is 0 Å². The fourth-order valence-electron chi connectivity index (χ4n) is 2.98. The Balaban J connectivity index is 1.45. The van der Waals surface area contributed by atoms with Crippen LogP contribution in [0, 0.1) is 0 Å². The van der Waals surface area contributed by atoms with Gasteiger partial charge in [-0.25, -0.2) is 4.98 Å².